The molecular formula is C16H21NO5. The number of amides is 1. The number of hydrogen-bond acceptors (Lipinski definition) is 3. The highest BCUT2D eigenvalue weighted by Crippen LogP contribution is 2.16. The molecule has 1 aromatic carbocycles. The molecule has 0 aliphatic carbocycles. The Bertz CT molecular complexity index is 555. The first-order valence-electron chi connectivity index (χ1n) is 7.14. The van der Waals surface area contributed by atoms with E-state index in [-0.39, 0.29) is 0 Å². The van der Waals surface area contributed by atoms with E-state index < -0.39 is 36.2 Å². The van der Waals surface area contributed by atoms with Crippen LogP contribution in [0.2, 0.25) is 0 Å². The van der Waals surface area contributed by atoms with Gasteiger partial charge in [-0.15, -0.1) is 0 Å². The fourth-order valence-corrected chi connectivity index (χ4v) is 2.19. The minimum absolute atomic E-state index is 0.392. The Hall–Kier alpha value is -2.37. The summed E-state index contributed by atoms with van der Waals surface area (Å²) >= 11 is 0. The average Bonchev–Trinajstić information content (AvgIpc) is 2.45. The molecule has 0 radical (unpaired) electrons. The van der Waals surface area contributed by atoms with Gasteiger partial charge < -0.3 is 15.5 Å². The predicted octanol–water partition coefficient (Wildman–Crippen LogP) is 1.61. The lowest BCUT2D eigenvalue weighted by molar-refractivity contribution is -0.147. The third-order valence-electron chi connectivity index (χ3n) is 3.58. The zero-order chi connectivity index (χ0) is 16.7. The lowest BCUT2D eigenvalue weighted by atomic mass is 9.93. The fourth-order valence-electron chi connectivity index (χ4n) is 2.19. The van der Waals surface area contributed by atoms with E-state index in [9.17, 15) is 14.4 Å². The Morgan fingerprint density at radius 2 is 1.82 bits per heavy atom. The molecule has 0 heterocycles. The monoisotopic (exact) mass is 307 g/mol. The fraction of sp³-hybridized carbons (Fsp3) is 0.438. The summed E-state index contributed by atoms with van der Waals surface area (Å²) in [5.74, 6) is -3.43. The first-order valence-corrected chi connectivity index (χ1v) is 7.14. The van der Waals surface area contributed by atoms with Gasteiger partial charge in [0.1, 0.15) is 6.04 Å². The molecular weight excluding hydrogens is 286 g/mol. The third kappa shape index (κ3) is 5.20. The lowest BCUT2D eigenvalue weighted by Crippen LogP contribution is -2.45. The summed E-state index contributed by atoms with van der Waals surface area (Å²) < 4.78 is 0. The quantitative estimate of drug-likeness (QED) is 0.677. The second-order valence-electron chi connectivity index (χ2n) is 5.23. The highest BCUT2D eigenvalue weighted by molar-refractivity contribution is 5.87. The molecule has 6 heteroatoms. The first kappa shape index (κ1) is 17.7. The summed E-state index contributed by atoms with van der Waals surface area (Å²) in [6, 6.07) is 6.27. The van der Waals surface area contributed by atoms with Crippen LogP contribution in [0.4, 0.5) is 0 Å². The van der Waals surface area contributed by atoms with E-state index in [2.05, 4.69) is 5.32 Å². The minimum atomic E-state index is -1.41. The zero-order valence-corrected chi connectivity index (χ0v) is 12.7. The van der Waals surface area contributed by atoms with Gasteiger partial charge in [0.25, 0.3) is 0 Å². The van der Waals surface area contributed by atoms with Crippen molar-refractivity contribution in [2.24, 2.45) is 5.92 Å². The summed E-state index contributed by atoms with van der Waals surface area (Å²) in [6.45, 7) is 3.79. The summed E-state index contributed by atoms with van der Waals surface area (Å²) in [5, 5.41) is 20.0. The molecule has 0 aliphatic heterocycles. The van der Waals surface area contributed by atoms with Crippen molar-refractivity contribution in [2.75, 3.05) is 0 Å². The number of carboxylic acids is 2. The molecule has 6 nitrogen and oxygen atoms in total. The van der Waals surface area contributed by atoms with E-state index in [0.717, 1.165) is 11.1 Å². The van der Waals surface area contributed by atoms with Gasteiger partial charge in [-0.3, -0.25) is 9.59 Å². The number of hydrogen-bond donors (Lipinski definition) is 3. The van der Waals surface area contributed by atoms with Gasteiger partial charge in [0.15, 0.2) is 0 Å². The molecule has 0 saturated heterocycles. The molecule has 0 spiro atoms. The number of aliphatic carboxylic acids is 2. The highest BCUT2D eigenvalue weighted by Gasteiger charge is 2.26. The predicted molar refractivity (Wildman–Crippen MR) is 80.5 cm³/mol. The molecule has 120 valence electrons. The Balaban J connectivity index is 2.77. The van der Waals surface area contributed by atoms with E-state index in [0.29, 0.717) is 12.8 Å². The van der Waals surface area contributed by atoms with E-state index in [1.165, 1.54) is 0 Å². The van der Waals surface area contributed by atoms with Gasteiger partial charge in [-0.2, -0.15) is 0 Å². The van der Waals surface area contributed by atoms with Crippen LogP contribution in [-0.4, -0.2) is 34.1 Å². The summed E-state index contributed by atoms with van der Waals surface area (Å²) in [6.07, 6.45) is 0.399. The number of rotatable bonds is 8. The smallest absolute Gasteiger partial charge is 0.326 e. The third-order valence-corrected chi connectivity index (χ3v) is 3.58. The largest absolute Gasteiger partial charge is 0.481 e. The molecule has 0 fully saturated rings. The van der Waals surface area contributed by atoms with Crippen LogP contribution in [0.1, 0.15) is 30.9 Å². The molecule has 0 aromatic heterocycles. The molecule has 3 N–H and O–H groups in total. The normalized spacial score (nSPS) is 13.2. The minimum Gasteiger partial charge on any atom is -0.481 e. The molecule has 1 amide bonds. The molecule has 2 atom stereocenters. The summed E-state index contributed by atoms with van der Waals surface area (Å²) in [4.78, 5) is 33.9. The number of carbonyl (C=O) groups is 3. The lowest BCUT2D eigenvalue weighted by Gasteiger charge is -2.19. The second kappa shape index (κ2) is 8.17. The van der Waals surface area contributed by atoms with Crippen LogP contribution in [0.15, 0.2) is 24.3 Å². The van der Waals surface area contributed by atoms with Crippen LogP contribution in [0.5, 0.6) is 0 Å². The Kier molecular flexibility index (Phi) is 6.56. The number of benzene rings is 1. The second-order valence-corrected chi connectivity index (χ2v) is 5.23. The van der Waals surface area contributed by atoms with Crippen molar-refractivity contribution in [3.8, 4) is 0 Å². The van der Waals surface area contributed by atoms with Crippen molar-refractivity contribution in [2.45, 2.75) is 39.2 Å². The van der Waals surface area contributed by atoms with Gasteiger partial charge in [-0.25, -0.2) is 4.79 Å². The van der Waals surface area contributed by atoms with Crippen LogP contribution in [0, 0.1) is 12.8 Å². The molecule has 0 aliphatic rings. The molecule has 0 saturated carbocycles. The van der Waals surface area contributed by atoms with Crippen LogP contribution >= 0.6 is 0 Å². The van der Waals surface area contributed by atoms with Crippen molar-refractivity contribution in [1.29, 1.82) is 0 Å². The summed E-state index contributed by atoms with van der Waals surface area (Å²) in [7, 11) is 0. The van der Waals surface area contributed by atoms with Crippen LogP contribution in [0.25, 0.3) is 0 Å². The maximum absolute atomic E-state index is 12.2. The standard InChI is InChI=1S/C16H21NO5/c1-3-11(8-12-7-5-4-6-10(12)2)15(20)17-13(16(21)22)9-14(18)19/h4-7,11,13H,3,8-9H2,1-2H3,(H,17,20)(H,18,19)(H,21,22). The van der Waals surface area contributed by atoms with E-state index in [1.807, 2.05) is 38.1 Å². The zero-order valence-electron chi connectivity index (χ0n) is 12.7. The first-order chi connectivity index (χ1) is 10.3. The van der Waals surface area contributed by atoms with Crippen LogP contribution in [-0.2, 0) is 20.8 Å². The molecule has 1 aromatic rings. The van der Waals surface area contributed by atoms with E-state index in [1.54, 1.807) is 0 Å². The molecule has 2 unspecified atom stereocenters. The Labute approximate surface area is 129 Å². The van der Waals surface area contributed by atoms with E-state index >= 15 is 0 Å². The van der Waals surface area contributed by atoms with Crippen molar-refractivity contribution in [3.63, 3.8) is 0 Å². The molecule has 1 rings (SSSR count). The van der Waals surface area contributed by atoms with Gasteiger partial charge in [0, 0.05) is 5.92 Å². The number of aryl methyl sites for hydroxylation is 1. The maximum Gasteiger partial charge on any atom is 0.326 e. The Morgan fingerprint density at radius 3 is 2.32 bits per heavy atom. The number of nitrogens with one attached hydrogen (secondary N) is 1. The van der Waals surface area contributed by atoms with Crippen molar-refractivity contribution < 1.29 is 24.6 Å². The highest BCUT2D eigenvalue weighted by atomic mass is 16.4. The molecule has 22 heavy (non-hydrogen) atoms. The Morgan fingerprint density at radius 1 is 1.18 bits per heavy atom. The maximum atomic E-state index is 12.2. The van der Waals surface area contributed by atoms with Gasteiger partial charge in [0.05, 0.1) is 6.42 Å². The van der Waals surface area contributed by atoms with Gasteiger partial charge in [-0.05, 0) is 30.9 Å². The average molecular weight is 307 g/mol. The topological polar surface area (TPSA) is 104 Å². The number of carbonyl (C=O) groups excluding carboxylic acids is 1. The van der Waals surface area contributed by atoms with Crippen molar-refractivity contribution in [1.82, 2.24) is 5.32 Å². The SMILES string of the molecule is CCC(Cc1ccccc1C)C(=O)NC(CC(=O)O)C(=O)O. The van der Waals surface area contributed by atoms with Crippen LogP contribution in [0.3, 0.4) is 0 Å². The van der Waals surface area contributed by atoms with Gasteiger partial charge >= 0.3 is 11.9 Å². The van der Waals surface area contributed by atoms with Crippen molar-refractivity contribution >= 4 is 17.8 Å². The van der Waals surface area contributed by atoms with Gasteiger partial charge in [0.2, 0.25) is 5.91 Å². The van der Waals surface area contributed by atoms with Gasteiger partial charge in [-0.1, -0.05) is 31.2 Å². The van der Waals surface area contributed by atoms with Crippen molar-refractivity contribution in [3.05, 3.63) is 35.4 Å². The number of carboxylic acid groups (broad SMARTS) is 2. The summed E-state index contributed by atoms with van der Waals surface area (Å²) in [5.41, 5.74) is 2.09. The van der Waals surface area contributed by atoms with Crippen LogP contribution < -0.4 is 5.32 Å². The van der Waals surface area contributed by atoms with E-state index in [4.69, 9.17) is 10.2 Å². The molecule has 0 bridgehead atoms.